The van der Waals surface area contributed by atoms with E-state index in [1.165, 1.54) is 16.0 Å². The number of carbonyl (C=O) groups excluding carboxylic acids is 1. The molecule has 2 aromatic rings. The first-order valence-electron chi connectivity index (χ1n) is 10.0. The highest BCUT2D eigenvalue weighted by Gasteiger charge is 2.24. The van der Waals surface area contributed by atoms with Gasteiger partial charge in [0.05, 0.1) is 7.05 Å². The molecule has 6 nitrogen and oxygen atoms in total. The fraction of sp³-hybridized carbons (Fsp3) is 0.500. The number of aromatic nitrogens is 2. The lowest BCUT2D eigenvalue weighted by atomic mass is 9.87. The molecule has 1 fully saturated rings. The van der Waals surface area contributed by atoms with Gasteiger partial charge in [-0.2, -0.15) is 0 Å². The molecule has 1 unspecified atom stereocenters. The van der Waals surface area contributed by atoms with Crippen LogP contribution in [0.4, 0.5) is 5.95 Å². The van der Waals surface area contributed by atoms with Crippen LogP contribution in [0.25, 0.3) is 0 Å². The maximum Gasteiger partial charge on any atom is 0.277 e. The number of benzene rings is 1. The highest BCUT2D eigenvalue weighted by Crippen LogP contribution is 2.21. The predicted molar refractivity (Wildman–Crippen MR) is 111 cm³/mol. The van der Waals surface area contributed by atoms with Crippen LogP contribution in [0.2, 0.25) is 0 Å². The summed E-state index contributed by atoms with van der Waals surface area (Å²) in [5.41, 5.74) is 2.77. The summed E-state index contributed by atoms with van der Waals surface area (Å²) >= 11 is 0. The van der Waals surface area contributed by atoms with E-state index in [4.69, 9.17) is 0 Å². The molecule has 1 aliphatic rings. The van der Waals surface area contributed by atoms with Crippen molar-refractivity contribution < 1.29 is 9.69 Å². The Kier molecular flexibility index (Phi) is 6.29. The van der Waals surface area contributed by atoms with Gasteiger partial charge in [0.15, 0.2) is 6.54 Å². The van der Waals surface area contributed by atoms with Crippen LogP contribution in [-0.4, -0.2) is 60.5 Å². The van der Waals surface area contributed by atoms with Crippen molar-refractivity contribution in [2.75, 3.05) is 44.7 Å². The third-order valence-electron chi connectivity index (χ3n) is 5.25. The first-order chi connectivity index (χ1) is 13.3. The van der Waals surface area contributed by atoms with Gasteiger partial charge in [-0.3, -0.25) is 4.79 Å². The van der Waals surface area contributed by atoms with Crippen LogP contribution in [0.5, 0.6) is 0 Å². The summed E-state index contributed by atoms with van der Waals surface area (Å²) in [6.07, 6.45) is 3.51. The van der Waals surface area contributed by atoms with Gasteiger partial charge in [-0.05, 0) is 17.0 Å². The molecule has 0 aliphatic carbocycles. The first-order valence-corrected chi connectivity index (χ1v) is 10.0. The van der Waals surface area contributed by atoms with Gasteiger partial charge >= 0.3 is 0 Å². The second-order valence-electron chi connectivity index (χ2n) is 8.67. The van der Waals surface area contributed by atoms with Gasteiger partial charge in [-0.1, -0.05) is 45.0 Å². The molecule has 1 N–H and O–H groups in total. The highest BCUT2D eigenvalue weighted by atomic mass is 16.2. The zero-order valence-corrected chi connectivity index (χ0v) is 17.5. The molecular formula is C22H32N5O+. The number of rotatable bonds is 5. The van der Waals surface area contributed by atoms with Crippen molar-refractivity contribution in [2.24, 2.45) is 0 Å². The Morgan fingerprint density at radius 2 is 1.64 bits per heavy atom. The normalized spacial score (nSPS) is 16.1. The van der Waals surface area contributed by atoms with E-state index in [1.54, 1.807) is 12.4 Å². The number of quaternary nitrogens is 1. The Labute approximate surface area is 168 Å². The van der Waals surface area contributed by atoms with E-state index < -0.39 is 0 Å². The molecule has 1 saturated heterocycles. The van der Waals surface area contributed by atoms with Crippen molar-refractivity contribution in [3.05, 3.63) is 53.9 Å². The van der Waals surface area contributed by atoms with Crippen LogP contribution < -0.4 is 9.80 Å². The number of nitrogens with zero attached hydrogens (tertiary/aromatic N) is 4. The molecule has 1 aliphatic heterocycles. The van der Waals surface area contributed by atoms with Gasteiger partial charge < -0.3 is 14.7 Å². The minimum Gasteiger partial charge on any atom is -0.337 e. The van der Waals surface area contributed by atoms with E-state index in [9.17, 15) is 4.79 Å². The van der Waals surface area contributed by atoms with E-state index in [2.05, 4.69) is 67.0 Å². The Hall–Kier alpha value is -2.47. The molecule has 1 amide bonds. The van der Waals surface area contributed by atoms with Gasteiger partial charge in [0.1, 0.15) is 6.54 Å². The van der Waals surface area contributed by atoms with Gasteiger partial charge in [0, 0.05) is 44.1 Å². The zero-order chi connectivity index (χ0) is 20.1. The Morgan fingerprint density at radius 3 is 2.21 bits per heavy atom. The van der Waals surface area contributed by atoms with E-state index >= 15 is 0 Å². The Bertz CT molecular complexity index is 762. The molecule has 28 heavy (non-hydrogen) atoms. The number of nitrogens with one attached hydrogen (secondary N) is 1. The largest absolute Gasteiger partial charge is 0.337 e. The average Bonchev–Trinajstić information content (AvgIpc) is 2.68. The molecule has 0 radical (unpaired) electrons. The van der Waals surface area contributed by atoms with E-state index in [0.717, 1.165) is 38.7 Å². The summed E-state index contributed by atoms with van der Waals surface area (Å²) in [6, 6.07) is 10.6. The molecule has 1 aromatic heterocycles. The van der Waals surface area contributed by atoms with Crippen molar-refractivity contribution in [1.82, 2.24) is 14.9 Å². The lowest BCUT2D eigenvalue weighted by Gasteiger charge is -2.34. The predicted octanol–water partition coefficient (Wildman–Crippen LogP) is 1.14. The van der Waals surface area contributed by atoms with Crippen molar-refractivity contribution >= 4 is 11.9 Å². The average molecular weight is 383 g/mol. The van der Waals surface area contributed by atoms with Crippen molar-refractivity contribution in [1.29, 1.82) is 0 Å². The topological polar surface area (TPSA) is 53.8 Å². The van der Waals surface area contributed by atoms with Crippen molar-refractivity contribution in [2.45, 2.75) is 32.7 Å². The molecule has 0 saturated carbocycles. The summed E-state index contributed by atoms with van der Waals surface area (Å²) in [5.74, 6) is 0.966. The molecule has 0 bridgehead atoms. The molecule has 1 atom stereocenters. The van der Waals surface area contributed by atoms with Crippen LogP contribution in [0.3, 0.4) is 0 Å². The second kappa shape index (κ2) is 8.69. The standard InChI is InChI=1S/C22H31N5O/c1-22(2,3)19-8-6-18(7-9-19)16-25(4)17-20(28)26-12-14-27(15-13-26)21-23-10-5-11-24-21/h5-11H,12-17H2,1-4H3/p+1. The van der Waals surface area contributed by atoms with Gasteiger partial charge in [-0.25, -0.2) is 9.97 Å². The molecular weight excluding hydrogens is 350 g/mol. The number of carbonyl (C=O) groups is 1. The van der Waals surface area contributed by atoms with Crippen molar-refractivity contribution in [3.63, 3.8) is 0 Å². The number of hydrogen-bond donors (Lipinski definition) is 1. The quantitative estimate of drug-likeness (QED) is 0.843. The Balaban J connectivity index is 1.47. The number of piperazine rings is 1. The van der Waals surface area contributed by atoms with Gasteiger partial charge in [0.2, 0.25) is 5.95 Å². The maximum atomic E-state index is 12.7. The lowest BCUT2D eigenvalue weighted by Crippen LogP contribution is -3.09. The van der Waals surface area contributed by atoms with Crippen LogP contribution in [0, 0.1) is 0 Å². The number of anilines is 1. The minimum atomic E-state index is 0.167. The summed E-state index contributed by atoms with van der Waals surface area (Å²) in [4.78, 5) is 26.6. The number of hydrogen-bond acceptors (Lipinski definition) is 4. The molecule has 2 heterocycles. The summed E-state index contributed by atoms with van der Waals surface area (Å²) in [7, 11) is 2.09. The number of amides is 1. The minimum absolute atomic E-state index is 0.167. The maximum absolute atomic E-state index is 12.7. The molecule has 1 aromatic carbocycles. The summed E-state index contributed by atoms with van der Waals surface area (Å²) in [5, 5.41) is 0. The van der Waals surface area contributed by atoms with E-state index in [1.807, 2.05) is 11.0 Å². The van der Waals surface area contributed by atoms with Crippen LogP contribution in [0.15, 0.2) is 42.7 Å². The van der Waals surface area contributed by atoms with E-state index in [-0.39, 0.29) is 11.3 Å². The summed E-state index contributed by atoms with van der Waals surface area (Å²) < 4.78 is 0. The fourth-order valence-electron chi connectivity index (χ4n) is 3.51. The third-order valence-corrected chi connectivity index (χ3v) is 5.25. The second-order valence-corrected chi connectivity index (χ2v) is 8.67. The molecule has 150 valence electrons. The van der Waals surface area contributed by atoms with Crippen LogP contribution >= 0.6 is 0 Å². The molecule has 3 rings (SSSR count). The fourth-order valence-corrected chi connectivity index (χ4v) is 3.51. The smallest absolute Gasteiger partial charge is 0.277 e. The van der Waals surface area contributed by atoms with E-state index in [0.29, 0.717) is 6.54 Å². The highest BCUT2D eigenvalue weighted by molar-refractivity contribution is 5.77. The molecule has 6 heteroatoms. The third kappa shape index (κ3) is 5.29. The number of likely N-dealkylation sites (N-methyl/N-ethyl adjacent to an activating group) is 1. The zero-order valence-electron chi connectivity index (χ0n) is 17.5. The molecule has 0 spiro atoms. The lowest BCUT2D eigenvalue weighted by molar-refractivity contribution is -0.885. The van der Waals surface area contributed by atoms with Crippen molar-refractivity contribution in [3.8, 4) is 0 Å². The van der Waals surface area contributed by atoms with Crippen LogP contribution in [-0.2, 0) is 16.8 Å². The summed E-state index contributed by atoms with van der Waals surface area (Å²) in [6.45, 7) is 11.1. The van der Waals surface area contributed by atoms with Gasteiger partial charge in [0.25, 0.3) is 5.91 Å². The Morgan fingerprint density at radius 1 is 1.04 bits per heavy atom. The first kappa shape index (κ1) is 20.3. The monoisotopic (exact) mass is 382 g/mol. The van der Waals surface area contributed by atoms with Crippen LogP contribution in [0.1, 0.15) is 31.9 Å². The van der Waals surface area contributed by atoms with Gasteiger partial charge in [-0.15, -0.1) is 0 Å². The SMILES string of the molecule is C[NH+](CC(=O)N1CCN(c2ncccn2)CC1)Cc1ccc(C(C)(C)C)cc1.